The minimum atomic E-state index is -3.70. The molecule has 4 atom stereocenters. The first-order valence-electron chi connectivity index (χ1n) is 12.8. The van der Waals surface area contributed by atoms with Gasteiger partial charge in [0.15, 0.2) is 9.84 Å². The van der Waals surface area contributed by atoms with Gasteiger partial charge in [-0.15, -0.1) is 0 Å². The fraction of sp³-hybridized carbons (Fsp3) is 0.667. The van der Waals surface area contributed by atoms with Gasteiger partial charge < -0.3 is 20.7 Å². The van der Waals surface area contributed by atoms with Crippen molar-refractivity contribution in [1.82, 2.24) is 16.0 Å². The molecule has 1 aliphatic rings. The predicted molar refractivity (Wildman–Crippen MR) is 143 cm³/mol. The summed E-state index contributed by atoms with van der Waals surface area (Å²) in [4.78, 5) is 38.0. The number of carbonyl (C=O) groups excluding carboxylic acids is 3. The molecule has 1 saturated heterocycles. The number of benzene rings is 1. The second-order valence-electron chi connectivity index (χ2n) is 11.2. The van der Waals surface area contributed by atoms with Crippen LogP contribution < -0.4 is 16.0 Å². The van der Waals surface area contributed by atoms with E-state index in [1.54, 1.807) is 0 Å². The molecule has 1 heterocycles. The fourth-order valence-electron chi connectivity index (χ4n) is 4.56. The molecular formula is C27H43N3O6S. The third-order valence-corrected chi connectivity index (χ3v) is 9.20. The summed E-state index contributed by atoms with van der Waals surface area (Å²) in [6.45, 7) is 12.3. The van der Waals surface area contributed by atoms with E-state index in [1.165, 1.54) is 20.8 Å². The number of carbonyl (C=O) groups is 3. The van der Waals surface area contributed by atoms with E-state index in [9.17, 15) is 22.8 Å². The van der Waals surface area contributed by atoms with Crippen LogP contribution >= 0.6 is 0 Å². The van der Waals surface area contributed by atoms with Crippen molar-refractivity contribution < 1.29 is 27.5 Å². The Labute approximate surface area is 221 Å². The first kappa shape index (κ1) is 30.8. The topological polar surface area (TPSA) is 134 Å². The molecule has 3 N–H and O–H groups in total. The summed E-state index contributed by atoms with van der Waals surface area (Å²) in [6, 6.07) is 7.72. The first-order chi connectivity index (χ1) is 17.0. The summed E-state index contributed by atoms with van der Waals surface area (Å²) in [5.74, 6) is -0.676. The van der Waals surface area contributed by atoms with Gasteiger partial charge >= 0.3 is 0 Å². The van der Waals surface area contributed by atoms with Gasteiger partial charge in [0.25, 0.3) is 0 Å². The van der Waals surface area contributed by atoms with Crippen molar-refractivity contribution in [2.45, 2.75) is 96.4 Å². The zero-order chi connectivity index (χ0) is 28.1. The van der Waals surface area contributed by atoms with Gasteiger partial charge in [0, 0.05) is 19.2 Å². The second-order valence-corrected chi connectivity index (χ2v) is 13.8. The number of nitrogens with one attached hydrogen (secondary N) is 3. The van der Waals surface area contributed by atoms with Crippen LogP contribution in [0.5, 0.6) is 0 Å². The molecule has 1 aromatic carbocycles. The Morgan fingerprint density at radius 3 is 2.03 bits per heavy atom. The number of sulfone groups is 1. The number of rotatable bonds is 13. The maximum atomic E-state index is 13.4. The smallest absolute Gasteiger partial charge is 0.244 e. The van der Waals surface area contributed by atoms with Gasteiger partial charge in [0.1, 0.15) is 12.1 Å². The quantitative estimate of drug-likeness (QED) is 0.330. The maximum Gasteiger partial charge on any atom is 0.244 e. The van der Waals surface area contributed by atoms with E-state index in [1.807, 2.05) is 30.3 Å². The van der Waals surface area contributed by atoms with Gasteiger partial charge in [-0.3, -0.25) is 14.4 Å². The van der Waals surface area contributed by atoms with Crippen LogP contribution in [0.3, 0.4) is 0 Å². The Morgan fingerprint density at radius 1 is 0.973 bits per heavy atom. The molecule has 0 saturated carbocycles. The Kier molecular flexibility index (Phi) is 10.3. The van der Waals surface area contributed by atoms with Crippen molar-refractivity contribution in [1.29, 1.82) is 0 Å². The first-order valence-corrected chi connectivity index (χ1v) is 14.7. The van der Waals surface area contributed by atoms with Crippen LogP contribution in [0, 0.1) is 11.8 Å². The highest BCUT2D eigenvalue weighted by Crippen LogP contribution is 2.31. The highest BCUT2D eigenvalue weighted by Gasteiger charge is 2.49. The summed E-state index contributed by atoms with van der Waals surface area (Å²) in [5, 5.41) is 8.52. The maximum absolute atomic E-state index is 13.4. The van der Waals surface area contributed by atoms with Gasteiger partial charge in [0.05, 0.1) is 23.3 Å². The van der Waals surface area contributed by atoms with E-state index in [0.29, 0.717) is 6.42 Å². The van der Waals surface area contributed by atoms with Crippen molar-refractivity contribution in [3.63, 3.8) is 0 Å². The zero-order valence-electron chi connectivity index (χ0n) is 23.2. The minimum Gasteiger partial charge on any atom is -0.367 e. The Bertz CT molecular complexity index is 1050. The van der Waals surface area contributed by atoms with E-state index >= 15 is 0 Å². The van der Waals surface area contributed by atoms with Crippen molar-refractivity contribution in [2.75, 3.05) is 6.26 Å². The molecule has 37 heavy (non-hydrogen) atoms. The number of ether oxygens (including phenoxy) is 1. The van der Waals surface area contributed by atoms with Crippen molar-refractivity contribution in [2.24, 2.45) is 11.8 Å². The molecule has 1 aromatic rings. The summed E-state index contributed by atoms with van der Waals surface area (Å²) < 4.78 is 29.2. The van der Waals surface area contributed by atoms with E-state index in [-0.39, 0.29) is 36.3 Å². The van der Waals surface area contributed by atoms with Crippen molar-refractivity contribution in [3.8, 4) is 0 Å². The van der Waals surface area contributed by atoms with Crippen LogP contribution in [0.2, 0.25) is 0 Å². The number of amides is 3. The molecule has 0 aliphatic carbocycles. The molecule has 2 rings (SSSR count). The predicted octanol–water partition coefficient (Wildman–Crippen LogP) is 2.00. The lowest BCUT2D eigenvalue weighted by Gasteiger charge is -2.33. The van der Waals surface area contributed by atoms with Crippen LogP contribution in [-0.2, 0) is 35.4 Å². The van der Waals surface area contributed by atoms with E-state index < -0.39 is 44.6 Å². The molecule has 1 fully saturated rings. The van der Waals surface area contributed by atoms with Gasteiger partial charge in [-0.25, -0.2) is 8.42 Å². The van der Waals surface area contributed by atoms with E-state index in [0.717, 1.165) is 11.8 Å². The van der Waals surface area contributed by atoms with Gasteiger partial charge in [0.2, 0.25) is 17.7 Å². The monoisotopic (exact) mass is 537 g/mol. The summed E-state index contributed by atoms with van der Waals surface area (Å²) >= 11 is 0. The molecule has 3 amide bonds. The van der Waals surface area contributed by atoms with Crippen LogP contribution in [0.4, 0.5) is 0 Å². The molecule has 0 unspecified atom stereocenters. The second kappa shape index (κ2) is 12.4. The molecule has 0 spiro atoms. The minimum absolute atomic E-state index is 0.0427. The highest BCUT2D eigenvalue weighted by molar-refractivity contribution is 7.92. The molecule has 0 radical (unpaired) electrons. The molecular weight excluding hydrogens is 494 g/mol. The van der Waals surface area contributed by atoms with Gasteiger partial charge in [-0.2, -0.15) is 0 Å². The molecule has 0 bridgehead atoms. The lowest BCUT2D eigenvalue weighted by atomic mass is 9.93. The van der Waals surface area contributed by atoms with Crippen LogP contribution in [-0.4, -0.2) is 67.5 Å². The number of hydrogen-bond acceptors (Lipinski definition) is 6. The van der Waals surface area contributed by atoms with Crippen LogP contribution in [0.1, 0.15) is 60.5 Å². The average Bonchev–Trinajstić information content (AvgIpc) is 3.53. The van der Waals surface area contributed by atoms with Gasteiger partial charge in [-0.1, -0.05) is 58.0 Å². The summed E-state index contributed by atoms with van der Waals surface area (Å²) in [6.07, 6.45) is 0.812. The summed E-state index contributed by atoms with van der Waals surface area (Å²) in [5.41, 5.74) is 0.949. The standard InChI is InChI=1S/C27H43N3O6S/c1-16(2)23(17(3)4)30-22(32)15-21-24(36-21)20(14-19-12-10-9-11-13-19)29-26(33)25(28-18(5)31)27(6,7)37(8,34)35/h9-13,16-17,20-21,23-25H,14-15H2,1-8H3,(H,28,31)(H,29,33)(H,30,32)/t20-,21-,24+,25+/m0/s1. The Morgan fingerprint density at radius 2 is 1.54 bits per heavy atom. The highest BCUT2D eigenvalue weighted by atomic mass is 32.2. The Balaban J connectivity index is 2.21. The average molecular weight is 538 g/mol. The third-order valence-electron chi connectivity index (χ3n) is 7.06. The molecule has 208 valence electrons. The number of hydrogen-bond donors (Lipinski definition) is 3. The normalized spacial score (nSPS) is 19.4. The van der Waals surface area contributed by atoms with E-state index in [2.05, 4.69) is 43.6 Å². The van der Waals surface area contributed by atoms with E-state index in [4.69, 9.17) is 4.74 Å². The number of epoxide rings is 1. The largest absolute Gasteiger partial charge is 0.367 e. The zero-order valence-corrected chi connectivity index (χ0v) is 24.0. The Hall–Kier alpha value is -2.46. The lowest BCUT2D eigenvalue weighted by Crippen LogP contribution is -2.62. The lowest BCUT2D eigenvalue weighted by molar-refractivity contribution is -0.129. The molecule has 0 aromatic heterocycles. The van der Waals surface area contributed by atoms with Crippen LogP contribution in [0.15, 0.2) is 30.3 Å². The van der Waals surface area contributed by atoms with Crippen LogP contribution in [0.25, 0.3) is 0 Å². The SMILES string of the molecule is CC(=O)N[C@H](C(=O)N[C@@H](Cc1ccccc1)[C@H]1O[C@H]1CC(=O)NC(C(C)C)C(C)C)C(C)(C)S(C)(=O)=O. The summed E-state index contributed by atoms with van der Waals surface area (Å²) in [7, 11) is -3.70. The fourth-order valence-corrected chi connectivity index (χ4v) is 5.16. The van der Waals surface area contributed by atoms with Gasteiger partial charge in [-0.05, 0) is 37.7 Å². The van der Waals surface area contributed by atoms with Crippen molar-refractivity contribution in [3.05, 3.63) is 35.9 Å². The van der Waals surface area contributed by atoms with Crippen molar-refractivity contribution >= 4 is 27.6 Å². The molecule has 9 nitrogen and oxygen atoms in total. The molecule has 1 aliphatic heterocycles. The molecule has 10 heteroatoms. The third kappa shape index (κ3) is 8.53.